The van der Waals surface area contributed by atoms with E-state index in [1.807, 2.05) is 12.4 Å². The fourth-order valence-corrected chi connectivity index (χ4v) is 3.13. The van der Waals surface area contributed by atoms with Crippen LogP contribution in [0, 0.1) is 0 Å². The van der Waals surface area contributed by atoms with Gasteiger partial charge in [0, 0.05) is 29.5 Å². The molecular weight excluding hydrogens is 316 g/mol. The Labute approximate surface area is 130 Å². The lowest BCUT2D eigenvalue weighted by Gasteiger charge is -2.19. The number of ether oxygens (including phenoxy) is 1. The third kappa shape index (κ3) is 5.15. The second kappa shape index (κ2) is 8.75. The predicted molar refractivity (Wildman–Crippen MR) is 85.8 cm³/mol. The lowest BCUT2D eigenvalue weighted by Crippen LogP contribution is -2.22. The maximum Gasteiger partial charge on any atom is 0.0576 e. The molecule has 2 atom stereocenters. The number of rotatable bonds is 8. The van der Waals surface area contributed by atoms with Crippen LogP contribution in [0.4, 0.5) is 0 Å². The molecular formula is C16H25BrN2O. The summed E-state index contributed by atoms with van der Waals surface area (Å²) in [5.41, 5.74) is 1.28. The monoisotopic (exact) mass is 340 g/mol. The third-order valence-electron chi connectivity index (χ3n) is 3.81. The van der Waals surface area contributed by atoms with Crippen molar-refractivity contribution in [2.45, 2.75) is 57.6 Å². The van der Waals surface area contributed by atoms with Crippen molar-refractivity contribution in [3.63, 3.8) is 0 Å². The highest BCUT2D eigenvalue weighted by Gasteiger charge is 2.17. The van der Waals surface area contributed by atoms with Crippen LogP contribution >= 0.6 is 15.9 Å². The van der Waals surface area contributed by atoms with Gasteiger partial charge in [-0.1, -0.05) is 6.92 Å². The van der Waals surface area contributed by atoms with Gasteiger partial charge in [0.25, 0.3) is 0 Å². The Morgan fingerprint density at radius 3 is 3.10 bits per heavy atom. The van der Waals surface area contributed by atoms with E-state index in [0.717, 1.165) is 30.5 Å². The fraction of sp³-hybridized carbons (Fsp3) is 0.688. The van der Waals surface area contributed by atoms with Crippen LogP contribution in [-0.4, -0.2) is 24.2 Å². The van der Waals surface area contributed by atoms with E-state index in [-0.39, 0.29) is 0 Å². The molecule has 3 nitrogen and oxygen atoms in total. The first-order valence-electron chi connectivity index (χ1n) is 7.75. The van der Waals surface area contributed by atoms with Crippen molar-refractivity contribution in [1.82, 2.24) is 10.3 Å². The third-order valence-corrected chi connectivity index (χ3v) is 4.25. The molecule has 0 radical (unpaired) electrons. The summed E-state index contributed by atoms with van der Waals surface area (Å²) in [7, 11) is 0. The summed E-state index contributed by atoms with van der Waals surface area (Å²) in [6, 6.07) is 2.58. The molecule has 1 aliphatic rings. The van der Waals surface area contributed by atoms with Gasteiger partial charge in [-0.2, -0.15) is 0 Å². The number of pyridine rings is 1. The Morgan fingerprint density at radius 1 is 1.50 bits per heavy atom. The summed E-state index contributed by atoms with van der Waals surface area (Å²) in [6.07, 6.45) is 11.5. The van der Waals surface area contributed by atoms with E-state index >= 15 is 0 Å². The Kier molecular flexibility index (Phi) is 6.97. The number of halogens is 1. The Bertz CT molecular complexity index is 394. The number of nitrogens with one attached hydrogen (secondary N) is 1. The van der Waals surface area contributed by atoms with Crippen LogP contribution in [0.5, 0.6) is 0 Å². The van der Waals surface area contributed by atoms with Crippen molar-refractivity contribution in [2.75, 3.05) is 13.2 Å². The van der Waals surface area contributed by atoms with Gasteiger partial charge in [-0.25, -0.2) is 0 Å². The van der Waals surface area contributed by atoms with Crippen LogP contribution in [0.2, 0.25) is 0 Å². The molecule has 1 aromatic heterocycles. The molecule has 2 rings (SSSR count). The van der Waals surface area contributed by atoms with Crippen molar-refractivity contribution < 1.29 is 4.74 Å². The number of nitrogens with zero attached hydrogens (tertiary/aromatic N) is 1. The maximum atomic E-state index is 5.70. The van der Waals surface area contributed by atoms with Gasteiger partial charge in [0.2, 0.25) is 0 Å². The SMILES string of the molecule is CCCNC(CCCC1CCCO1)c1cncc(Br)c1. The minimum absolute atomic E-state index is 0.404. The molecule has 0 aromatic carbocycles. The molecule has 0 aliphatic carbocycles. The minimum atomic E-state index is 0.404. The summed E-state index contributed by atoms with van der Waals surface area (Å²) < 4.78 is 6.75. The van der Waals surface area contributed by atoms with E-state index < -0.39 is 0 Å². The fourth-order valence-electron chi connectivity index (χ4n) is 2.75. The van der Waals surface area contributed by atoms with Crippen LogP contribution in [0.15, 0.2) is 22.9 Å². The quantitative estimate of drug-likeness (QED) is 0.768. The molecule has 0 spiro atoms. The summed E-state index contributed by atoms with van der Waals surface area (Å²) in [5.74, 6) is 0. The van der Waals surface area contributed by atoms with E-state index in [4.69, 9.17) is 4.74 Å². The average Bonchev–Trinajstić information content (AvgIpc) is 2.96. The molecule has 0 amide bonds. The molecule has 1 saturated heterocycles. The topological polar surface area (TPSA) is 34.1 Å². The molecule has 1 aliphatic heterocycles. The van der Waals surface area contributed by atoms with Gasteiger partial charge in [0.05, 0.1) is 6.10 Å². The zero-order valence-corrected chi connectivity index (χ0v) is 13.9. The summed E-state index contributed by atoms with van der Waals surface area (Å²) in [5, 5.41) is 3.64. The second-order valence-electron chi connectivity index (χ2n) is 5.51. The number of hydrogen-bond acceptors (Lipinski definition) is 3. The molecule has 112 valence electrons. The summed E-state index contributed by atoms with van der Waals surface area (Å²) >= 11 is 3.51. The molecule has 0 bridgehead atoms. The lowest BCUT2D eigenvalue weighted by molar-refractivity contribution is 0.101. The van der Waals surface area contributed by atoms with E-state index in [1.165, 1.54) is 31.2 Å². The normalized spacial score (nSPS) is 20.2. The number of hydrogen-bond donors (Lipinski definition) is 1. The zero-order valence-electron chi connectivity index (χ0n) is 12.3. The van der Waals surface area contributed by atoms with Crippen molar-refractivity contribution >= 4 is 15.9 Å². The molecule has 2 heterocycles. The Morgan fingerprint density at radius 2 is 2.40 bits per heavy atom. The largest absolute Gasteiger partial charge is 0.378 e. The Hall–Kier alpha value is -0.450. The van der Waals surface area contributed by atoms with Crippen LogP contribution in [0.3, 0.4) is 0 Å². The predicted octanol–water partition coefficient (Wildman–Crippen LogP) is 4.23. The summed E-state index contributed by atoms with van der Waals surface area (Å²) in [4.78, 5) is 4.29. The molecule has 1 fully saturated rings. The van der Waals surface area contributed by atoms with Crippen LogP contribution in [-0.2, 0) is 4.74 Å². The standard InChI is InChI=1S/C16H25BrN2O/c1-2-8-19-16(13-10-14(17)12-18-11-13)7-3-5-15-6-4-9-20-15/h10-12,15-16,19H,2-9H2,1H3. The van der Waals surface area contributed by atoms with Gasteiger partial charge in [0.1, 0.15) is 0 Å². The first kappa shape index (κ1) is 15.9. The average molecular weight is 341 g/mol. The van der Waals surface area contributed by atoms with Crippen molar-refractivity contribution in [3.05, 3.63) is 28.5 Å². The zero-order chi connectivity index (χ0) is 14.2. The van der Waals surface area contributed by atoms with Crippen LogP contribution < -0.4 is 5.32 Å². The van der Waals surface area contributed by atoms with Crippen molar-refractivity contribution in [1.29, 1.82) is 0 Å². The van der Waals surface area contributed by atoms with Gasteiger partial charge in [-0.3, -0.25) is 4.98 Å². The first-order valence-corrected chi connectivity index (χ1v) is 8.54. The van der Waals surface area contributed by atoms with Gasteiger partial charge in [-0.15, -0.1) is 0 Å². The van der Waals surface area contributed by atoms with E-state index in [0.29, 0.717) is 12.1 Å². The highest BCUT2D eigenvalue weighted by Crippen LogP contribution is 2.24. The lowest BCUT2D eigenvalue weighted by atomic mass is 10.0. The van der Waals surface area contributed by atoms with Gasteiger partial charge in [-0.05, 0) is 72.6 Å². The molecule has 1 N–H and O–H groups in total. The Balaban J connectivity index is 1.85. The number of aromatic nitrogens is 1. The molecule has 2 unspecified atom stereocenters. The van der Waals surface area contributed by atoms with Crippen molar-refractivity contribution in [3.8, 4) is 0 Å². The second-order valence-corrected chi connectivity index (χ2v) is 6.42. The highest BCUT2D eigenvalue weighted by molar-refractivity contribution is 9.10. The van der Waals surface area contributed by atoms with Crippen LogP contribution in [0.25, 0.3) is 0 Å². The van der Waals surface area contributed by atoms with Crippen LogP contribution in [0.1, 0.15) is 57.1 Å². The summed E-state index contributed by atoms with van der Waals surface area (Å²) in [6.45, 7) is 4.21. The molecule has 1 aromatic rings. The molecule has 20 heavy (non-hydrogen) atoms. The van der Waals surface area contributed by atoms with E-state index in [9.17, 15) is 0 Å². The van der Waals surface area contributed by atoms with E-state index in [1.54, 1.807) is 0 Å². The van der Waals surface area contributed by atoms with E-state index in [2.05, 4.69) is 39.2 Å². The first-order chi connectivity index (χ1) is 9.79. The molecule has 4 heteroatoms. The maximum absolute atomic E-state index is 5.70. The van der Waals surface area contributed by atoms with Crippen molar-refractivity contribution in [2.24, 2.45) is 0 Å². The highest BCUT2D eigenvalue weighted by atomic mass is 79.9. The van der Waals surface area contributed by atoms with Gasteiger partial charge in [0.15, 0.2) is 0 Å². The van der Waals surface area contributed by atoms with Gasteiger partial charge >= 0.3 is 0 Å². The van der Waals surface area contributed by atoms with Gasteiger partial charge < -0.3 is 10.1 Å². The minimum Gasteiger partial charge on any atom is -0.378 e. The molecule has 0 saturated carbocycles. The smallest absolute Gasteiger partial charge is 0.0576 e.